The van der Waals surface area contributed by atoms with E-state index in [0.29, 0.717) is 6.54 Å². The molecule has 0 aliphatic rings. The Balaban J connectivity index is 1.24. The van der Waals surface area contributed by atoms with E-state index >= 15 is 0 Å². The van der Waals surface area contributed by atoms with Crippen molar-refractivity contribution in [1.82, 2.24) is 9.47 Å². The van der Waals surface area contributed by atoms with E-state index in [0.717, 1.165) is 30.3 Å². The minimum Gasteiger partial charge on any atom is -0.457 e. The molecule has 5 heteroatoms. The Hall–Kier alpha value is -4.09. The zero-order chi connectivity index (χ0) is 24.9. The summed E-state index contributed by atoms with van der Waals surface area (Å²) in [7, 11) is 4.24. The maximum Gasteiger partial charge on any atom is 0.127 e. The summed E-state index contributed by atoms with van der Waals surface area (Å²) in [5.41, 5.74) is 5.84. The fraction of sp³-hybridized carbons (Fsp3) is 0.161. The SMILES string of the molecule is CN(Cc1ccc(Oc2ccccc2)cc1)Cc1cn(C)c2ccc(CNc3ccc(F)cc3)cc12. The molecule has 1 heterocycles. The molecule has 5 rings (SSSR count). The molecule has 0 unspecified atom stereocenters. The molecule has 0 aliphatic carbocycles. The van der Waals surface area contributed by atoms with Crippen LogP contribution in [0.2, 0.25) is 0 Å². The van der Waals surface area contributed by atoms with Gasteiger partial charge < -0.3 is 14.6 Å². The molecule has 4 nitrogen and oxygen atoms in total. The first-order chi connectivity index (χ1) is 17.5. The van der Waals surface area contributed by atoms with Crippen molar-refractivity contribution in [2.24, 2.45) is 7.05 Å². The zero-order valence-electron chi connectivity index (χ0n) is 20.6. The second-order valence-electron chi connectivity index (χ2n) is 9.21. The van der Waals surface area contributed by atoms with Gasteiger partial charge in [0.05, 0.1) is 0 Å². The highest BCUT2D eigenvalue weighted by molar-refractivity contribution is 5.84. The average molecular weight is 480 g/mol. The zero-order valence-corrected chi connectivity index (χ0v) is 20.6. The van der Waals surface area contributed by atoms with Gasteiger partial charge in [-0.15, -0.1) is 0 Å². The Kier molecular flexibility index (Phi) is 7.01. The van der Waals surface area contributed by atoms with Crippen molar-refractivity contribution >= 4 is 16.6 Å². The van der Waals surface area contributed by atoms with Crippen molar-refractivity contribution in [2.75, 3.05) is 12.4 Å². The molecule has 36 heavy (non-hydrogen) atoms. The fourth-order valence-corrected chi connectivity index (χ4v) is 4.47. The summed E-state index contributed by atoms with van der Waals surface area (Å²) in [4.78, 5) is 2.32. The number of anilines is 1. The molecule has 0 spiro atoms. The van der Waals surface area contributed by atoms with Crippen molar-refractivity contribution in [3.63, 3.8) is 0 Å². The molecular weight excluding hydrogens is 449 g/mol. The van der Waals surface area contributed by atoms with E-state index in [9.17, 15) is 4.39 Å². The van der Waals surface area contributed by atoms with Gasteiger partial charge in [-0.25, -0.2) is 4.39 Å². The molecule has 0 bridgehead atoms. The van der Waals surface area contributed by atoms with Crippen LogP contribution in [-0.2, 0) is 26.7 Å². The lowest BCUT2D eigenvalue weighted by Crippen LogP contribution is -2.17. The van der Waals surface area contributed by atoms with Gasteiger partial charge in [-0.05, 0) is 84.4 Å². The van der Waals surface area contributed by atoms with Crippen molar-refractivity contribution in [1.29, 1.82) is 0 Å². The molecule has 0 fully saturated rings. The summed E-state index contributed by atoms with van der Waals surface area (Å²) in [5, 5.41) is 4.64. The first-order valence-electron chi connectivity index (χ1n) is 12.1. The Morgan fingerprint density at radius 3 is 2.25 bits per heavy atom. The highest BCUT2D eigenvalue weighted by atomic mass is 19.1. The number of nitrogens with one attached hydrogen (secondary N) is 1. The molecule has 0 aliphatic heterocycles. The van der Waals surface area contributed by atoms with Crippen LogP contribution in [0.4, 0.5) is 10.1 Å². The molecular formula is C31H30FN3O. The quantitative estimate of drug-likeness (QED) is 0.240. The molecule has 1 N–H and O–H groups in total. The number of halogens is 1. The summed E-state index contributed by atoms with van der Waals surface area (Å²) in [6.45, 7) is 2.37. The van der Waals surface area contributed by atoms with E-state index in [1.54, 1.807) is 12.1 Å². The van der Waals surface area contributed by atoms with Crippen molar-refractivity contribution in [2.45, 2.75) is 19.6 Å². The molecule has 0 saturated carbocycles. The first-order valence-corrected chi connectivity index (χ1v) is 12.1. The number of fused-ring (bicyclic) bond motifs is 1. The van der Waals surface area contributed by atoms with E-state index in [1.165, 1.54) is 39.7 Å². The maximum absolute atomic E-state index is 13.2. The minimum atomic E-state index is -0.225. The number of rotatable bonds is 9. The third kappa shape index (κ3) is 5.75. The van der Waals surface area contributed by atoms with Crippen LogP contribution in [0.5, 0.6) is 11.5 Å². The van der Waals surface area contributed by atoms with E-state index in [4.69, 9.17) is 4.74 Å². The summed E-state index contributed by atoms with van der Waals surface area (Å²) in [6, 6.07) is 31.2. The molecule has 182 valence electrons. The van der Waals surface area contributed by atoms with Crippen LogP contribution in [0.15, 0.2) is 103 Å². The molecule has 0 saturated heterocycles. The lowest BCUT2D eigenvalue weighted by Gasteiger charge is -2.17. The van der Waals surface area contributed by atoms with Crippen molar-refractivity contribution in [3.8, 4) is 11.5 Å². The highest BCUT2D eigenvalue weighted by Gasteiger charge is 2.11. The third-order valence-electron chi connectivity index (χ3n) is 6.27. The van der Waals surface area contributed by atoms with Gasteiger partial charge >= 0.3 is 0 Å². The largest absolute Gasteiger partial charge is 0.457 e. The number of hydrogen-bond acceptors (Lipinski definition) is 3. The van der Waals surface area contributed by atoms with Gasteiger partial charge in [0.2, 0.25) is 0 Å². The van der Waals surface area contributed by atoms with Gasteiger partial charge in [-0.3, -0.25) is 4.90 Å². The number of nitrogens with zero attached hydrogens (tertiary/aromatic N) is 2. The van der Waals surface area contributed by atoms with Crippen LogP contribution in [0, 0.1) is 5.82 Å². The van der Waals surface area contributed by atoms with Gasteiger partial charge in [-0.2, -0.15) is 0 Å². The van der Waals surface area contributed by atoms with Gasteiger partial charge in [0, 0.05) is 49.5 Å². The average Bonchev–Trinajstić information content (AvgIpc) is 3.19. The Labute approximate surface area is 211 Å². The first kappa shape index (κ1) is 23.6. The fourth-order valence-electron chi connectivity index (χ4n) is 4.47. The molecule has 5 aromatic rings. The number of hydrogen-bond donors (Lipinski definition) is 1. The van der Waals surface area contributed by atoms with Gasteiger partial charge in [0.15, 0.2) is 0 Å². The van der Waals surface area contributed by atoms with E-state index in [2.05, 4.69) is 65.4 Å². The second kappa shape index (κ2) is 10.7. The van der Waals surface area contributed by atoms with Crippen molar-refractivity contribution in [3.05, 3.63) is 126 Å². The lowest BCUT2D eigenvalue weighted by atomic mass is 10.1. The predicted molar refractivity (Wildman–Crippen MR) is 145 cm³/mol. The predicted octanol–water partition coefficient (Wildman–Crippen LogP) is 7.35. The van der Waals surface area contributed by atoms with Gasteiger partial charge in [0.25, 0.3) is 0 Å². The Bertz CT molecular complexity index is 1430. The summed E-state index contributed by atoms with van der Waals surface area (Å²) in [6.07, 6.45) is 2.22. The number of para-hydroxylation sites is 1. The maximum atomic E-state index is 13.2. The minimum absolute atomic E-state index is 0.225. The second-order valence-corrected chi connectivity index (χ2v) is 9.21. The van der Waals surface area contributed by atoms with Crippen LogP contribution < -0.4 is 10.1 Å². The molecule has 0 radical (unpaired) electrons. The normalized spacial score (nSPS) is 11.2. The lowest BCUT2D eigenvalue weighted by molar-refractivity contribution is 0.320. The molecule has 4 aromatic carbocycles. The Morgan fingerprint density at radius 1 is 0.806 bits per heavy atom. The number of aryl methyl sites for hydroxylation is 1. The van der Waals surface area contributed by atoms with Crippen molar-refractivity contribution < 1.29 is 9.13 Å². The molecule has 0 atom stereocenters. The van der Waals surface area contributed by atoms with Crippen LogP contribution in [0.3, 0.4) is 0 Å². The highest BCUT2D eigenvalue weighted by Crippen LogP contribution is 2.25. The number of benzene rings is 4. The van der Waals surface area contributed by atoms with E-state index < -0.39 is 0 Å². The smallest absolute Gasteiger partial charge is 0.127 e. The van der Waals surface area contributed by atoms with Crippen LogP contribution >= 0.6 is 0 Å². The monoisotopic (exact) mass is 479 g/mol. The van der Waals surface area contributed by atoms with Crippen LogP contribution in [-0.4, -0.2) is 16.5 Å². The van der Waals surface area contributed by atoms with Crippen LogP contribution in [0.25, 0.3) is 10.9 Å². The number of aromatic nitrogens is 1. The summed E-state index contributed by atoms with van der Waals surface area (Å²) in [5.74, 6) is 1.45. The molecule has 1 aromatic heterocycles. The van der Waals surface area contributed by atoms with Gasteiger partial charge in [-0.1, -0.05) is 36.4 Å². The van der Waals surface area contributed by atoms with Crippen LogP contribution in [0.1, 0.15) is 16.7 Å². The van der Waals surface area contributed by atoms with E-state index in [1.807, 2.05) is 42.5 Å². The summed E-state index contributed by atoms with van der Waals surface area (Å²) >= 11 is 0. The summed E-state index contributed by atoms with van der Waals surface area (Å²) < 4.78 is 21.3. The van der Waals surface area contributed by atoms with E-state index in [-0.39, 0.29) is 5.82 Å². The third-order valence-corrected chi connectivity index (χ3v) is 6.27. The van der Waals surface area contributed by atoms with Gasteiger partial charge in [0.1, 0.15) is 17.3 Å². The molecule has 0 amide bonds. The Morgan fingerprint density at radius 2 is 1.50 bits per heavy atom. The topological polar surface area (TPSA) is 29.4 Å². The standard InChI is InChI=1S/C31H30FN3O/c1-34(20-23-8-15-29(16-9-23)36-28-6-4-3-5-7-28)21-25-22-35(2)31-17-10-24(18-30(25)31)19-33-27-13-11-26(32)12-14-27/h3-18,22,33H,19-21H2,1-2H3. The number of ether oxygens (including phenoxy) is 1.